The van der Waals surface area contributed by atoms with Crippen LogP contribution >= 0.6 is 27.5 Å². The van der Waals surface area contributed by atoms with Gasteiger partial charge in [0.15, 0.2) is 10.8 Å². The van der Waals surface area contributed by atoms with Crippen LogP contribution in [-0.4, -0.2) is 24.8 Å². The van der Waals surface area contributed by atoms with Crippen molar-refractivity contribution >= 4 is 38.7 Å². The van der Waals surface area contributed by atoms with E-state index in [0.29, 0.717) is 10.8 Å². The number of aromatic nitrogens is 4. The number of alkyl halides is 1. The number of nitrogens with zero attached hydrogens (tertiary/aromatic N) is 4. The molecule has 2 rings (SSSR count). The molecule has 0 saturated heterocycles. The first-order valence-corrected chi connectivity index (χ1v) is 7.20. The fourth-order valence-electron chi connectivity index (χ4n) is 1.77. The van der Waals surface area contributed by atoms with Crippen molar-refractivity contribution in [3.05, 3.63) is 17.8 Å². The van der Waals surface area contributed by atoms with E-state index in [2.05, 4.69) is 30.9 Å². The first kappa shape index (κ1) is 12.8. The topological polar surface area (TPSA) is 43.6 Å². The molecular formula is C11H14BrClN4. The zero-order chi connectivity index (χ0) is 12.1. The van der Waals surface area contributed by atoms with Gasteiger partial charge in [0, 0.05) is 11.9 Å². The van der Waals surface area contributed by atoms with Crippen molar-refractivity contribution in [1.82, 2.24) is 19.5 Å². The zero-order valence-electron chi connectivity index (χ0n) is 9.44. The van der Waals surface area contributed by atoms with Crippen LogP contribution < -0.4 is 0 Å². The first-order valence-electron chi connectivity index (χ1n) is 5.70. The molecule has 0 aliphatic heterocycles. The highest BCUT2D eigenvalue weighted by Gasteiger charge is 2.07. The molecule has 0 atom stereocenters. The van der Waals surface area contributed by atoms with Crippen molar-refractivity contribution in [1.29, 1.82) is 0 Å². The van der Waals surface area contributed by atoms with Crippen molar-refractivity contribution in [2.24, 2.45) is 0 Å². The molecule has 0 spiro atoms. The molecule has 0 fully saturated rings. The summed E-state index contributed by atoms with van der Waals surface area (Å²) in [5.74, 6) is 0. The summed E-state index contributed by atoms with van der Waals surface area (Å²) in [5, 5.41) is 1.56. The third kappa shape index (κ3) is 3.16. The number of rotatable bonds is 6. The van der Waals surface area contributed by atoms with Crippen molar-refractivity contribution in [3.63, 3.8) is 0 Å². The third-order valence-corrected chi connectivity index (χ3v) is 3.48. The number of hydrogen-bond acceptors (Lipinski definition) is 3. The fraction of sp³-hybridized carbons (Fsp3) is 0.545. The highest BCUT2D eigenvalue weighted by molar-refractivity contribution is 9.09. The van der Waals surface area contributed by atoms with Gasteiger partial charge in [-0.25, -0.2) is 15.0 Å². The lowest BCUT2D eigenvalue weighted by molar-refractivity contribution is 0.593. The molecule has 6 heteroatoms. The van der Waals surface area contributed by atoms with Crippen molar-refractivity contribution < 1.29 is 0 Å². The molecule has 2 heterocycles. The molecule has 0 saturated carbocycles. The summed E-state index contributed by atoms with van der Waals surface area (Å²) < 4.78 is 2.03. The lowest BCUT2D eigenvalue weighted by Gasteiger charge is -2.04. The largest absolute Gasteiger partial charge is 0.327 e. The lowest BCUT2D eigenvalue weighted by atomic mass is 10.2. The minimum atomic E-state index is 0.480. The molecule has 0 aromatic carbocycles. The summed E-state index contributed by atoms with van der Waals surface area (Å²) in [7, 11) is 0. The number of unbranched alkanes of at least 4 members (excludes halogenated alkanes) is 3. The van der Waals surface area contributed by atoms with E-state index in [-0.39, 0.29) is 0 Å². The minimum absolute atomic E-state index is 0.480. The second kappa shape index (κ2) is 6.31. The molecular weight excluding hydrogens is 304 g/mol. The van der Waals surface area contributed by atoms with E-state index in [0.717, 1.165) is 23.8 Å². The molecule has 0 radical (unpaired) electrons. The van der Waals surface area contributed by atoms with Gasteiger partial charge < -0.3 is 4.57 Å². The van der Waals surface area contributed by atoms with E-state index in [4.69, 9.17) is 11.6 Å². The Morgan fingerprint density at radius 1 is 1.12 bits per heavy atom. The number of aryl methyl sites for hydroxylation is 1. The van der Waals surface area contributed by atoms with Crippen LogP contribution in [0.1, 0.15) is 25.7 Å². The molecule has 4 nitrogen and oxygen atoms in total. The number of imidazole rings is 1. The fourth-order valence-corrected chi connectivity index (χ4v) is 2.41. The van der Waals surface area contributed by atoms with Gasteiger partial charge in [0.1, 0.15) is 11.8 Å². The van der Waals surface area contributed by atoms with E-state index >= 15 is 0 Å². The maximum Gasteiger partial charge on any atom is 0.182 e. The predicted molar refractivity (Wildman–Crippen MR) is 72.6 cm³/mol. The van der Waals surface area contributed by atoms with Gasteiger partial charge in [-0.15, -0.1) is 0 Å². The second-order valence-corrected chi connectivity index (χ2v) is 5.03. The van der Waals surface area contributed by atoms with Crippen LogP contribution in [0, 0.1) is 0 Å². The average molecular weight is 318 g/mol. The Morgan fingerprint density at radius 2 is 1.94 bits per heavy atom. The van der Waals surface area contributed by atoms with Crippen molar-refractivity contribution in [2.75, 3.05) is 5.33 Å². The molecule has 2 aromatic rings. The predicted octanol–water partition coefficient (Wildman–Crippen LogP) is 3.44. The van der Waals surface area contributed by atoms with Gasteiger partial charge in [0.05, 0.1) is 6.33 Å². The summed E-state index contributed by atoms with van der Waals surface area (Å²) in [5.41, 5.74) is 1.51. The Kier molecular flexibility index (Phi) is 4.74. The molecule has 0 amide bonds. The number of hydrogen-bond donors (Lipinski definition) is 0. The van der Waals surface area contributed by atoms with Crippen LogP contribution in [0.4, 0.5) is 0 Å². The van der Waals surface area contributed by atoms with Gasteiger partial charge in [0.2, 0.25) is 0 Å². The highest BCUT2D eigenvalue weighted by Crippen LogP contribution is 2.18. The molecule has 0 N–H and O–H groups in total. The summed E-state index contributed by atoms with van der Waals surface area (Å²) in [6, 6.07) is 0. The molecule has 92 valence electrons. The van der Waals surface area contributed by atoms with Gasteiger partial charge in [-0.2, -0.15) is 0 Å². The van der Waals surface area contributed by atoms with Crippen LogP contribution in [0.2, 0.25) is 5.15 Å². The summed E-state index contributed by atoms with van der Waals surface area (Å²) >= 11 is 9.48. The molecule has 0 unspecified atom stereocenters. The zero-order valence-corrected chi connectivity index (χ0v) is 11.8. The molecule has 0 bridgehead atoms. The van der Waals surface area contributed by atoms with Gasteiger partial charge in [-0.05, 0) is 12.8 Å². The SMILES string of the molecule is Clc1ncnc2ncn(CCCCCCBr)c12. The molecule has 17 heavy (non-hydrogen) atoms. The van der Waals surface area contributed by atoms with E-state index in [1.54, 1.807) is 6.33 Å². The average Bonchev–Trinajstić information content (AvgIpc) is 2.74. The maximum atomic E-state index is 6.05. The van der Waals surface area contributed by atoms with Gasteiger partial charge in [-0.1, -0.05) is 40.4 Å². The van der Waals surface area contributed by atoms with Crippen LogP contribution in [0.15, 0.2) is 12.7 Å². The third-order valence-electron chi connectivity index (χ3n) is 2.65. The van der Waals surface area contributed by atoms with Gasteiger partial charge in [0.25, 0.3) is 0 Å². The molecule has 0 aliphatic carbocycles. The first-order chi connectivity index (χ1) is 8.33. The van der Waals surface area contributed by atoms with Crippen LogP contribution in [0.5, 0.6) is 0 Å². The quantitative estimate of drug-likeness (QED) is 0.466. The number of fused-ring (bicyclic) bond motifs is 1. The Balaban J connectivity index is 1.99. The Labute approximate surface area is 114 Å². The van der Waals surface area contributed by atoms with Crippen molar-refractivity contribution in [2.45, 2.75) is 32.2 Å². The monoisotopic (exact) mass is 316 g/mol. The van der Waals surface area contributed by atoms with Crippen LogP contribution in [0.3, 0.4) is 0 Å². The van der Waals surface area contributed by atoms with Crippen molar-refractivity contribution in [3.8, 4) is 0 Å². The van der Waals surface area contributed by atoms with Gasteiger partial charge >= 0.3 is 0 Å². The Hall–Kier alpha value is -0.680. The second-order valence-electron chi connectivity index (χ2n) is 3.88. The molecule has 0 aliphatic rings. The summed E-state index contributed by atoms with van der Waals surface area (Å²) in [4.78, 5) is 12.3. The summed E-state index contributed by atoms with van der Waals surface area (Å²) in [6.07, 6.45) is 8.06. The highest BCUT2D eigenvalue weighted by atomic mass is 79.9. The normalized spacial score (nSPS) is 11.2. The number of halogens is 2. The van der Waals surface area contributed by atoms with Crippen LogP contribution in [0.25, 0.3) is 11.2 Å². The van der Waals surface area contributed by atoms with Gasteiger partial charge in [-0.3, -0.25) is 0 Å². The van der Waals surface area contributed by atoms with E-state index in [1.807, 2.05) is 4.57 Å². The minimum Gasteiger partial charge on any atom is -0.327 e. The van der Waals surface area contributed by atoms with E-state index in [9.17, 15) is 0 Å². The van der Waals surface area contributed by atoms with E-state index < -0.39 is 0 Å². The lowest BCUT2D eigenvalue weighted by Crippen LogP contribution is -1.97. The molecule has 2 aromatic heterocycles. The smallest absolute Gasteiger partial charge is 0.182 e. The summed E-state index contributed by atoms with van der Waals surface area (Å²) in [6.45, 7) is 0.922. The maximum absolute atomic E-state index is 6.05. The van der Waals surface area contributed by atoms with Crippen LogP contribution in [-0.2, 0) is 6.54 Å². The standard InChI is InChI=1S/C11H14BrClN4/c12-5-3-1-2-4-6-17-8-16-11-9(17)10(13)14-7-15-11/h7-8H,1-6H2. The van der Waals surface area contributed by atoms with E-state index in [1.165, 1.54) is 25.6 Å². The Morgan fingerprint density at radius 3 is 2.76 bits per heavy atom. The Bertz CT molecular complexity index is 485.